The molecule has 1 N–H and O–H groups in total. The molecule has 35 heavy (non-hydrogen) atoms. The molecule has 1 aliphatic rings. The molecule has 1 saturated heterocycles. The predicted octanol–water partition coefficient (Wildman–Crippen LogP) is 4.80. The van der Waals surface area contributed by atoms with E-state index in [0.29, 0.717) is 32.0 Å². The van der Waals surface area contributed by atoms with Gasteiger partial charge in [-0.2, -0.15) is 0 Å². The lowest BCUT2D eigenvalue weighted by atomic mass is 10.0. The van der Waals surface area contributed by atoms with E-state index in [1.807, 2.05) is 31.2 Å². The van der Waals surface area contributed by atoms with Gasteiger partial charge in [-0.3, -0.25) is 9.69 Å². The number of rotatable bonds is 11. The Morgan fingerprint density at radius 1 is 0.943 bits per heavy atom. The van der Waals surface area contributed by atoms with Crippen LogP contribution in [-0.2, 0) is 22.6 Å². The van der Waals surface area contributed by atoms with Gasteiger partial charge in [0.05, 0.1) is 26.4 Å². The molecule has 0 saturated carbocycles. The summed E-state index contributed by atoms with van der Waals surface area (Å²) in [6.07, 6.45) is 1.92. The lowest BCUT2D eigenvalue weighted by Crippen LogP contribution is -2.44. The minimum absolute atomic E-state index is 0.0111. The summed E-state index contributed by atoms with van der Waals surface area (Å²) >= 11 is 0. The summed E-state index contributed by atoms with van der Waals surface area (Å²) in [5.41, 5.74) is 3.16. The second-order valence-corrected chi connectivity index (χ2v) is 9.04. The molecule has 0 bridgehead atoms. The first-order valence-corrected chi connectivity index (χ1v) is 12.5. The van der Waals surface area contributed by atoms with Crippen LogP contribution in [0.15, 0.2) is 60.7 Å². The van der Waals surface area contributed by atoms with Gasteiger partial charge in [-0.25, -0.2) is 0 Å². The smallest absolute Gasteiger partial charge is 0.251 e. The highest BCUT2D eigenvalue weighted by Gasteiger charge is 2.21. The quantitative estimate of drug-likeness (QED) is 0.403. The van der Waals surface area contributed by atoms with Crippen LogP contribution in [0.25, 0.3) is 10.8 Å². The van der Waals surface area contributed by atoms with E-state index in [0.717, 1.165) is 38.2 Å². The maximum absolute atomic E-state index is 12.6. The molecule has 1 fully saturated rings. The van der Waals surface area contributed by atoms with Gasteiger partial charge in [-0.15, -0.1) is 0 Å². The van der Waals surface area contributed by atoms with Crippen molar-refractivity contribution in [2.24, 2.45) is 0 Å². The maximum Gasteiger partial charge on any atom is 0.251 e. The lowest BCUT2D eigenvalue weighted by molar-refractivity contribution is 0.0617. The Kier molecular flexibility index (Phi) is 9.12. The molecule has 0 aliphatic carbocycles. The normalized spacial score (nSPS) is 14.8. The van der Waals surface area contributed by atoms with Crippen molar-refractivity contribution in [3.05, 3.63) is 77.4 Å². The van der Waals surface area contributed by atoms with E-state index in [1.165, 1.54) is 21.9 Å². The second-order valence-electron chi connectivity index (χ2n) is 9.04. The third kappa shape index (κ3) is 7.28. The molecular weight excluding hydrogens is 440 g/mol. The summed E-state index contributed by atoms with van der Waals surface area (Å²) < 4.78 is 16.2. The van der Waals surface area contributed by atoms with Gasteiger partial charge in [0.2, 0.25) is 0 Å². The van der Waals surface area contributed by atoms with Crippen LogP contribution in [0.4, 0.5) is 0 Å². The zero-order chi connectivity index (χ0) is 24.5. The Labute approximate surface area is 208 Å². The molecule has 1 heterocycles. The summed E-state index contributed by atoms with van der Waals surface area (Å²) in [5.74, 6) is 0.778. The Bertz CT molecular complexity index is 1090. The molecule has 186 valence electrons. The SMILES string of the molecule is CCOc1ccc(C(=O)NC2CCN(Cc3ccc4ccc(COCCOC)cc4c3)CC2)cc1. The van der Waals surface area contributed by atoms with E-state index in [4.69, 9.17) is 14.2 Å². The summed E-state index contributed by atoms with van der Waals surface area (Å²) in [7, 11) is 1.68. The zero-order valence-electron chi connectivity index (χ0n) is 20.8. The third-order valence-electron chi connectivity index (χ3n) is 6.43. The number of benzene rings is 3. The monoisotopic (exact) mass is 476 g/mol. The van der Waals surface area contributed by atoms with Crippen LogP contribution >= 0.6 is 0 Å². The van der Waals surface area contributed by atoms with Gasteiger partial charge in [0.1, 0.15) is 5.75 Å². The molecular formula is C29H36N2O4. The van der Waals surface area contributed by atoms with Gasteiger partial charge in [0.15, 0.2) is 0 Å². The van der Waals surface area contributed by atoms with Crippen molar-refractivity contribution in [1.29, 1.82) is 0 Å². The highest BCUT2D eigenvalue weighted by molar-refractivity contribution is 5.94. The van der Waals surface area contributed by atoms with Crippen LogP contribution < -0.4 is 10.1 Å². The van der Waals surface area contributed by atoms with Crippen molar-refractivity contribution >= 4 is 16.7 Å². The predicted molar refractivity (Wildman–Crippen MR) is 139 cm³/mol. The Morgan fingerprint density at radius 3 is 2.37 bits per heavy atom. The fourth-order valence-electron chi connectivity index (χ4n) is 4.50. The number of nitrogens with one attached hydrogen (secondary N) is 1. The summed E-state index contributed by atoms with van der Waals surface area (Å²) in [4.78, 5) is 15.1. The minimum Gasteiger partial charge on any atom is -0.494 e. The van der Waals surface area contributed by atoms with Gasteiger partial charge < -0.3 is 19.5 Å². The lowest BCUT2D eigenvalue weighted by Gasteiger charge is -2.32. The molecule has 1 amide bonds. The van der Waals surface area contributed by atoms with Crippen molar-refractivity contribution in [3.63, 3.8) is 0 Å². The van der Waals surface area contributed by atoms with Gasteiger partial charge in [-0.05, 0) is 78.1 Å². The summed E-state index contributed by atoms with van der Waals surface area (Å²) in [6.45, 7) is 7.24. The molecule has 0 spiro atoms. The molecule has 6 nitrogen and oxygen atoms in total. The van der Waals surface area contributed by atoms with Gasteiger partial charge in [0.25, 0.3) is 5.91 Å². The highest BCUT2D eigenvalue weighted by Crippen LogP contribution is 2.21. The van der Waals surface area contributed by atoms with E-state index in [-0.39, 0.29) is 11.9 Å². The van der Waals surface area contributed by atoms with E-state index < -0.39 is 0 Å². The number of likely N-dealkylation sites (tertiary alicyclic amines) is 1. The van der Waals surface area contributed by atoms with Crippen LogP contribution in [-0.4, -0.2) is 56.9 Å². The standard InChI is InChI=1S/C29H36N2O4/c1-3-35-28-10-8-25(9-11-28)29(32)30-27-12-14-31(15-13-27)20-22-4-6-24-7-5-23(19-26(24)18-22)21-34-17-16-33-2/h4-11,18-19,27H,3,12-17,20-21H2,1-2H3,(H,30,32). The molecule has 3 aromatic rings. The topological polar surface area (TPSA) is 60.0 Å². The van der Waals surface area contributed by atoms with Crippen molar-refractivity contribution in [1.82, 2.24) is 10.2 Å². The van der Waals surface area contributed by atoms with Crippen LogP contribution in [0.5, 0.6) is 5.75 Å². The molecule has 6 heteroatoms. The Hall–Kier alpha value is -2.93. The number of hydrogen-bond donors (Lipinski definition) is 1. The Balaban J connectivity index is 1.26. The van der Waals surface area contributed by atoms with Crippen molar-refractivity contribution < 1.29 is 19.0 Å². The van der Waals surface area contributed by atoms with Crippen LogP contribution in [0.1, 0.15) is 41.3 Å². The second kappa shape index (κ2) is 12.7. The number of nitrogens with zero attached hydrogens (tertiary/aromatic N) is 1. The molecule has 0 aromatic heterocycles. The molecule has 0 radical (unpaired) electrons. The number of carbonyl (C=O) groups is 1. The fourth-order valence-corrected chi connectivity index (χ4v) is 4.50. The zero-order valence-corrected chi connectivity index (χ0v) is 20.8. The van der Waals surface area contributed by atoms with E-state index in [9.17, 15) is 4.79 Å². The van der Waals surface area contributed by atoms with E-state index >= 15 is 0 Å². The number of piperidine rings is 1. The fraction of sp³-hybridized carbons (Fsp3) is 0.414. The van der Waals surface area contributed by atoms with Crippen LogP contribution in [0.2, 0.25) is 0 Å². The molecule has 0 atom stereocenters. The van der Waals surface area contributed by atoms with Gasteiger partial charge >= 0.3 is 0 Å². The van der Waals surface area contributed by atoms with Crippen LogP contribution in [0.3, 0.4) is 0 Å². The minimum atomic E-state index is -0.0111. The number of methoxy groups -OCH3 is 1. The number of amides is 1. The highest BCUT2D eigenvalue weighted by atomic mass is 16.5. The number of fused-ring (bicyclic) bond motifs is 1. The largest absolute Gasteiger partial charge is 0.494 e. The third-order valence-corrected chi connectivity index (χ3v) is 6.43. The number of carbonyl (C=O) groups excluding carboxylic acids is 1. The van der Waals surface area contributed by atoms with Crippen LogP contribution in [0, 0.1) is 0 Å². The summed E-state index contributed by atoms with van der Waals surface area (Å²) in [6, 6.07) is 20.8. The first-order chi connectivity index (χ1) is 17.1. The van der Waals surface area contributed by atoms with E-state index in [2.05, 4.69) is 46.6 Å². The first kappa shape index (κ1) is 25.2. The average Bonchev–Trinajstić information content (AvgIpc) is 2.88. The van der Waals surface area contributed by atoms with Crippen molar-refractivity contribution in [3.8, 4) is 5.75 Å². The van der Waals surface area contributed by atoms with Gasteiger partial charge in [-0.1, -0.05) is 24.3 Å². The number of ether oxygens (including phenoxy) is 3. The maximum atomic E-state index is 12.6. The van der Waals surface area contributed by atoms with E-state index in [1.54, 1.807) is 7.11 Å². The first-order valence-electron chi connectivity index (χ1n) is 12.5. The molecule has 1 aliphatic heterocycles. The number of hydrogen-bond acceptors (Lipinski definition) is 5. The molecule has 3 aromatic carbocycles. The molecule has 4 rings (SSSR count). The van der Waals surface area contributed by atoms with Crippen molar-refractivity contribution in [2.45, 2.75) is 39.0 Å². The summed E-state index contributed by atoms with van der Waals surface area (Å²) in [5, 5.41) is 5.68. The average molecular weight is 477 g/mol. The van der Waals surface area contributed by atoms with Crippen molar-refractivity contribution in [2.75, 3.05) is 40.0 Å². The van der Waals surface area contributed by atoms with Gasteiger partial charge in [0, 0.05) is 38.3 Å². The molecule has 0 unspecified atom stereocenters. The Morgan fingerprint density at radius 2 is 1.66 bits per heavy atom.